The molecular weight excluding hydrogens is 222 g/mol. The first kappa shape index (κ1) is 8.99. The first-order valence-corrected chi connectivity index (χ1v) is 3.98. The third-order valence-corrected chi connectivity index (χ3v) is 1.92. The molecule has 0 fully saturated rings. The van der Waals surface area contributed by atoms with E-state index in [4.69, 9.17) is 5.53 Å². The molecule has 0 bridgehead atoms. The average molecular weight is 227 g/mol. The Morgan fingerprint density at radius 1 is 1.75 bits per heavy atom. The second-order valence-electron chi connectivity index (χ2n) is 2.08. The number of halogens is 1. The minimum atomic E-state index is -0.244. The molecule has 0 atom stereocenters. The van der Waals surface area contributed by atoms with Gasteiger partial charge in [0.2, 0.25) is 0 Å². The number of carbonyl (C=O) groups excluding carboxylic acids is 1. The van der Waals surface area contributed by atoms with Crippen molar-refractivity contribution in [2.45, 2.75) is 0 Å². The molecule has 1 aromatic rings. The maximum Gasteiger partial charge on any atom is 0.183 e. The molecule has 0 saturated heterocycles. The van der Waals surface area contributed by atoms with Gasteiger partial charge in [-0.15, -0.1) is 0 Å². The number of hydrogen-bond acceptors (Lipinski definition) is 3. The lowest BCUT2D eigenvalue weighted by atomic mass is 10.2. The second kappa shape index (κ2) is 4.06. The summed E-state index contributed by atoms with van der Waals surface area (Å²) in [6.07, 6.45) is 3.03. The van der Waals surface area contributed by atoms with Crippen LogP contribution in [-0.4, -0.2) is 17.3 Å². The van der Waals surface area contributed by atoms with Crippen LogP contribution in [0.3, 0.4) is 0 Å². The van der Waals surface area contributed by atoms with Gasteiger partial charge in [0.05, 0.1) is 6.54 Å². The lowest BCUT2D eigenvalue weighted by Gasteiger charge is -2.00. The van der Waals surface area contributed by atoms with E-state index in [1.54, 1.807) is 6.07 Å². The number of carbonyl (C=O) groups is 1. The SMILES string of the molecule is [N-]=NCC(=O)c1ccncc1Br. The van der Waals surface area contributed by atoms with Gasteiger partial charge in [0.25, 0.3) is 0 Å². The lowest BCUT2D eigenvalue weighted by molar-refractivity contribution is 0.100. The van der Waals surface area contributed by atoms with E-state index in [1.807, 2.05) is 0 Å². The minimum Gasteiger partial charge on any atom is -0.712 e. The Kier molecular flexibility index (Phi) is 3.04. The van der Waals surface area contributed by atoms with Gasteiger partial charge in [0.15, 0.2) is 5.78 Å². The van der Waals surface area contributed by atoms with E-state index in [9.17, 15) is 4.79 Å². The van der Waals surface area contributed by atoms with Gasteiger partial charge in [-0.3, -0.25) is 9.78 Å². The van der Waals surface area contributed by atoms with Gasteiger partial charge in [-0.25, -0.2) is 0 Å². The van der Waals surface area contributed by atoms with Gasteiger partial charge in [0, 0.05) is 22.4 Å². The molecular formula is C7H5BrN3O-. The van der Waals surface area contributed by atoms with Crippen molar-refractivity contribution in [3.8, 4) is 0 Å². The van der Waals surface area contributed by atoms with Crippen molar-refractivity contribution in [3.63, 3.8) is 0 Å². The molecule has 0 amide bonds. The standard InChI is InChI=1S/C7H5BrN3O/c8-6-3-10-2-1-5(6)7(12)4-11-9/h1-3H,4H2/q-1. The second-order valence-corrected chi connectivity index (χ2v) is 2.93. The van der Waals surface area contributed by atoms with Crippen molar-refractivity contribution in [1.29, 1.82) is 0 Å². The number of rotatable bonds is 3. The van der Waals surface area contributed by atoms with E-state index in [2.05, 4.69) is 26.0 Å². The Hall–Kier alpha value is -1.10. The smallest absolute Gasteiger partial charge is 0.183 e. The van der Waals surface area contributed by atoms with Crippen LogP contribution in [0, 0.1) is 0 Å². The van der Waals surface area contributed by atoms with Crippen LogP contribution in [0.5, 0.6) is 0 Å². The fourth-order valence-corrected chi connectivity index (χ4v) is 1.22. The van der Waals surface area contributed by atoms with Crippen molar-refractivity contribution in [3.05, 3.63) is 34.0 Å². The van der Waals surface area contributed by atoms with Gasteiger partial charge < -0.3 is 10.6 Å². The van der Waals surface area contributed by atoms with Crippen molar-refractivity contribution >= 4 is 21.7 Å². The fraction of sp³-hybridized carbons (Fsp3) is 0.143. The molecule has 1 heterocycles. The molecule has 62 valence electrons. The normalized spacial score (nSPS) is 9.42. The third-order valence-electron chi connectivity index (χ3n) is 1.29. The number of Topliss-reactive ketones (excluding diaryl/α,β-unsaturated/α-hetero) is 1. The topological polar surface area (TPSA) is 64.6 Å². The number of hydrogen-bond donors (Lipinski definition) is 0. The molecule has 0 spiro atoms. The molecule has 0 saturated carbocycles. The first-order chi connectivity index (χ1) is 5.75. The van der Waals surface area contributed by atoms with Crippen molar-refractivity contribution < 1.29 is 4.79 Å². The Labute approximate surface area is 77.6 Å². The van der Waals surface area contributed by atoms with Crippen LogP contribution in [0.25, 0.3) is 5.53 Å². The van der Waals surface area contributed by atoms with Crippen LogP contribution in [0.15, 0.2) is 28.0 Å². The van der Waals surface area contributed by atoms with Crippen LogP contribution in [0.4, 0.5) is 0 Å². The zero-order chi connectivity index (χ0) is 8.97. The molecule has 0 aliphatic heterocycles. The largest absolute Gasteiger partial charge is 0.712 e. The summed E-state index contributed by atoms with van der Waals surface area (Å²) in [7, 11) is 0. The molecule has 5 heteroatoms. The average Bonchev–Trinajstić information content (AvgIpc) is 2.05. The summed E-state index contributed by atoms with van der Waals surface area (Å²) < 4.78 is 0.610. The monoisotopic (exact) mass is 226 g/mol. The maximum absolute atomic E-state index is 11.2. The van der Waals surface area contributed by atoms with E-state index < -0.39 is 0 Å². The first-order valence-electron chi connectivity index (χ1n) is 3.19. The fourth-order valence-electron chi connectivity index (χ4n) is 0.751. The van der Waals surface area contributed by atoms with Crippen LogP contribution < -0.4 is 0 Å². The van der Waals surface area contributed by atoms with Crippen LogP contribution in [0.1, 0.15) is 10.4 Å². The van der Waals surface area contributed by atoms with Gasteiger partial charge in [-0.05, 0) is 22.0 Å². The quantitative estimate of drug-likeness (QED) is 0.585. The molecule has 0 radical (unpaired) electrons. The van der Waals surface area contributed by atoms with Crippen molar-refractivity contribution in [2.75, 3.05) is 6.54 Å². The van der Waals surface area contributed by atoms with Gasteiger partial charge >= 0.3 is 0 Å². The molecule has 0 aliphatic rings. The zero-order valence-electron chi connectivity index (χ0n) is 6.07. The van der Waals surface area contributed by atoms with Gasteiger partial charge in [-0.2, -0.15) is 0 Å². The summed E-state index contributed by atoms with van der Waals surface area (Å²) in [4.78, 5) is 14.9. The predicted octanol–water partition coefficient (Wildman–Crippen LogP) is 2.05. The molecule has 1 rings (SSSR count). The maximum atomic E-state index is 11.2. The Morgan fingerprint density at radius 2 is 2.50 bits per heavy atom. The van der Waals surface area contributed by atoms with Crippen LogP contribution in [-0.2, 0) is 0 Å². The molecule has 0 unspecified atom stereocenters. The molecule has 0 aliphatic carbocycles. The number of pyridine rings is 1. The molecule has 12 heavy (non-hydrogen) atoms. The highest BCUT2D eigenvalue weighted by Crippen LogP contribution is 2.14. The number of ketones is 1. The minimum absolute atomic E-state index is 0.220. The Bertz CT molecular complexity index is 313. The molecule has 0 aromatic carbocycles. The van der Waals surface area contributed by atoms with E-state index in [0.717, 1.165) is 0 Å². The number of aromatic nitrogens is 1. The van der Waals surface area contributed by atoms with E-state index in [-0.39, 0.29) is 12.3 Å². The van der Waals surface area contributed by atoms with Crippen molar-refractivity contribution in [2.24, 2.45) is 5.11 Å². The number of nitrogens with zero attached hydrogens (tertiary/aromatic N) is 3. The lowest BCUT2D eigenvalue weighted by Crippen LogP contribution is -2.03. The van der Waals surface area contributed by atoms with Crippen molar-refractivity contribution in [1.82, 2.24) is 4.98 Å². The summed E-state index contributed by atoms with van der Waals surface area (Å²) in [6, 6.07) is 1.57. The Balaban J connectivity index is 2.94. The van der Waals surface area contributed by atoms with E-state index >= 15 is 0 Å². The zero-order valence-corrected chi connectivity index (χ0v) is 7.65. The highest BCUT2D eigenvalue weighted by atomic mass is 79.9. The molecule has 1 aromatic heterocycles. The van der Waals surface area contributed by atoms with Gasteiger partial charge in [-0.1, -0.05) is 0 Å². The van der Waals surface area contributed by atoms with E-state index in [0.29, 0.717) is 10.0 Å². The summed E-state index contributed by atoms with van der Waals surface area (Å²) in [5.41, 5.74) is 8.64. The van der Waals surface area contributed by atoms with E-state index in [1.165, 1.54) is 12.4 Å². The highest BCUT2D eigenvalue weighted by Gasteiger charge is 2.06. The van der Waals surface area contributed by atoms with Crippen LogP contribution >= 0.6 is 15.9 Å². The summed E-state index contributed by atoms with van der Waals surface area (Å²) in [6.45, 7) is -0.220. The molecule has 4 nitrogen and oxygen atoms in total. The summed E-state index contributed by atoms with van der Waals surface area (Å²) >= 11 is 3.16. The van der Waals surface area contributed by atoms with Crippen LogP contribution in [0.2, 0.25) is 0 Å². The molecule has 0 N–H and O–H groups in total. The highest BCUT2D eigenvalue weighted by molar-refractivity contribution is 9.10. The predicted molar refractivity (Wildman–Crippen MR) is 46.9 cm³/mol. The van der Waals surface area contributed by atoms with Gasteiger partial charge in [0.1, 0.15) is 0 Å². The Morgan fingerprint density at radius 3 is 3.08 bits per heavy atom. The summed E-state index contributed by atoms with van der Waals surface area (Å²) in [5.74, 6) is -0.244. The third kappa shape index (κ3) is 1.94. The summed E-state index contributed by atoms with van der Waals surface area (Å²) in [5, 5.41) is 2.76.